The molecule has 3 aliphatic heterocycles. The molecule has 2 fully saturated rings. The SMILES string of the molecule is CCOc1ccc(/C=C2/SC3C=CC(C(=O)N4CCC5(CC4)OCCO5)=CC3=[N+](C)C2=O)cc1OC. The predicted octanol–water partition coefficient (Wildman–Crippen LogP) is 3.02. The second-order valence-electron chi connectivity index (χ2n) is 9.04. The summed E-state index contributed by atoms with van der Waals surface area (Å²) in [6, 6.07) is 5.62. The van der Waals surface area contributed by atoms with Gasteiger partial charge in [-0.2, -0.15) is 4.58 Å². The second-order valence-corrected chi connectivity index (χ2v) is 10.2. The largest absolute Gasteiger partial charge is 0.493 e. The van der Waals surface area contributed by atoms with Crippen LogP contribution in [-0.4, -0.2) is 85.1 Å². The highest BCUT2D eigenvalue weighted by Crippen LogP contribution is 2.36. The summed E-state index contributed by atoms with van der Waals surface area (Å²) in [5.41, 5.74) is 2.26. The number of allylic oxidation sites excluding steroid dienone is 1. The van der Waals surface area contributed by atoms with Gasteiger partial charge in [0.05, 0.1) is 26.9 Å². The Labute approximate surface area is 215 Å². The first kappa shape index (κ1) is 24.8. The number of fused-ring (bicyclic) bond motifs is 1. The maximum Gasteiger partial charge on any atom is 0.425 e. The van der Waals surface area contributed by atoms with Crippen molar-refractivity contribution in [3.63, 3.8) is 0 Å². The molecule has 190 valence electrons. The summed E-state index contributed by atoms with van der Waals surface area (Å²) in [7, 11) is 3.36. The number of carbonyl (C=O) groups excluding carboxylic acids is 2. The van der Waals surface area contributed by atoms with Gasteiger partial charge in [0.15, 0.2) is 17.3 Å². The Balaban J connectivity index is 1.33. The lowest BCUT2D eigenvalue weighted by molar-refractivity contribution is -0.413. The molecule has 1 spiro atoms. The van der Waals surface area contributed by atoms with Gasteiger partial charge in [0, 0.05) is 37.6 Å². The molecule has 8 nitrogen and oxygen atoms in total. The summed E-state index contributed by atoms with van der Waals surface area (Å²) in [5, 5.41) is -0.0509. The van der Waals surface area contributed by atoms with E-state index in [1.165, 1.54) is 11.8 Å². The van der Waals surface area contributed by atoms with Gasteiger partial charge in [-0.3, -0.25) is 4.79 Å². The highest BCUT2D eigenvalue weighted by molar-refractivity contribution is 8.05. The third kappa shape index (κ3) is 4.75. The van der Waals surface area contributed by atoms with E-state index in [-0.39, 0.29) is 17.1 Å². The van der Waals surface area contributed by atoms with Crippen LogP contribution in [0.15, 0.2) is 46.9 Å². The molecule has 4 aliphatic rings. The maximum atomic E-state index is 13.2. The van der Waals surface area contributed by atoms with E-state index in [2.05, 4.69) is 0 Å². The van der Waals surface area contributed by atoms with Crippen LogP contribution in [-0.2, 0) is 19.1 Å². The first-order valence-electron chi connectivity index (χ1n) is 12.2. The van der Waals surface area contributed by atoms with Gasteiger partial charge in [-0.1, -0.05) is 30.0 Å². The van der Waals surface area contributed by atoms with Crippen LogP contribution in [0.2, 0.25) is 0 Å². The van der Waals surface area contributed by atoms with Crippen molar-refractivity contribution in [1.82, 2.24) is 4.90 Å². The smallest absolute Gasteiger partial charge is 0.425 e. The van der Waals surface area contributed by atoms with E-state index in [1.807, 2.05) is 54.3 Å². The minimum atomic E-state index is -0.518. The fourth-order valence-corrected chi connectivity index (χ4v) is 6.10. The van der Waals surface area contributed by atoms with Crippen molar-refractivity contribution < 1.29 is 33.1 Å². The van der Waals surface area contributed by atoms with Crippen LogP contribution in [0.5, 0.6) is 11.5 Å². The number of benzene rings is 1. The quantitative estimate of drug-likeness (QED) is 0.444. The number of amides is 2. The Morgan fingerprint density at radius 1 is 1.25 bits per heavy atom. The van der Waals surface area contributed by atoms with Gasteiger partial charge >= 0.3 is 5.91 Å². The number of methoxy groups -OCH3 is 1. The van der Waals surface area contributed by atoms with Crippen LogP contribution >= 0.6 is 11.8 Å². The summed E-state index contributed by atoms with van der Waals surface area (Å²) in [6.07, 6.45) is 8.94. The Hall–Kier alpha value is -2.88. The van der Waals surface area contributed by atoms with Gasteiger partial charge in [-0.05, 0) is 30.7 Å². The van der Waals surface area contributed by atoms with E-state index in [9.17, 15) is 9.59 Å². The summed E-state index contributed by atoms with van der Waals surface area (Å²) in [4.78, 5) is 28.9. The third-order valence-electron chi connectivity index (χ3n) is 6.86. The standard InChI is InChI=1S/C27H31N2O6S/c1-4-33-21-7-5-18(15-22(21)32-3)16-24-26(31)28(2)20-17-19(6-8-23(20)36-24)25(30)29-11-9-27(10-12-29)34-13-14-35-27/h5-8,15-17,23H,4,9-14H2,1-3H3/q+1/b24-16+. The molecule has 36 heavy (non-hydrogen) atoms. The zero-order chi connectivity index (χ0) is 25.3. The normalized spacial score (nSPS) is 24.2. The highest BCUT2D eigenvalue weighted by Gasteiger charge is 2.42. The topological polar surface area (TPSA) is 77.3 Å². The zero-order valence-corrected chi connectivity index (χ0v) is 21.6. The molecule has 3 heterocycles. The summed E-state index contributed by atoms with van der Waals surface area (Å²) < 4.78 is 24.2. The first-order chi connectivity index (χ1) is 17.4. The summed E-state index contributed by atoms with van der Waals surface area (Å²) in [6.45, 7) is 4.87. The number of ether oxygens (including phenoxy) is 4. The average molecular weight is 512 g/mol. The van der Waals surface area contributed by atoms with Crippen LogP contribution in [0.3, 0.4) is 0 Å². The number of carbonyl (C=O) groups is 2. The van der Waals surface area contributed by atoms with E-state index in [0.29, 0.717) is 67.7 Å². The lowest BCUT2D eigenvalue weighted by Gasteiger charge is -2.37. The molecule has 1 aromatic rings. The van der Waals surface area contributed by atoms with Crippen LogP contribution in [0.1, 0.15) is 25.3 Å². The molecule has 1 unspecified atom stereocenters. The molecule has 0 bridgehead atoms. The van der Waals surface area contributed by atoms with Crippen molar-refractivity contribution in [1.29, 1.82) is 0 Å². The summed E-state index contributed by atoms with van der Waals surface area (Å²) in [5.74, 6) is 0.642. The molecule has 0 radical (unpaired) electrons. The molecule has 0 saturated carbocycles. The van der Waals surface area contributed by atoms with Crippen molar-refractivity contribution in [3.05, 3.63) is 52.5 Å². The zero-order valence-electron chi connectivity index (χ0n) is 20.8. The van der Waals surface area contributed by atoms with Crippen molar-refractivity contribution in [2.45, 2.75) is 30.8 Å². The molecular weight excluding hydrogens is 480 g/mol. The van der Waals surface area contributed by atoms with E-state index >= 15 is 0 Å². The van der Waals surface area contributed by atoms with Crippen molar-refractivity contribution in [3.8, 4) is 11.5 Å². The molecule has 0 N–H and O–H groups in total. The Bertz CT molecular complexity index is 1180. The minimum absolute atomic E-state index is 0.0290. The lowest BCUT2D eigenvalue weighted by Crippen LogP contribution is -2.48. The van der Waals surface area contributed by atoms with E-state index in [0.717, 1.165) is 11.3 Å². The number of hydrogen-bond donors (Lipinski definition) is 0. The van der Waals surface area contributed by atoms with E-state index in [1.54, 1.807) is 18.7 Å². The minimum Gasteiger partial charge on any atom is -0.493 e. The van der Waals surface area contributed by atoms with Crippen LogP contribution < -0.4 is 9.47 Å². The van der Waals surface area contributed by atoms with Gasteiger partial charge in [0.25, 0.3) is 5.91 Å². The average Bonchev–Trinajstić information content (AvgIpc) is 3.35. The van der Waals surface area contributed by atoms with Crippen LogP contribution in [0, 0.1) is 0 Å². The third-order valence-corrected chi connectivity index (χ3v) is 8.06. The van der Waals surface area contributed by atoms with Gasteiger partial charge in [0.1, 0.15) is 17.2 Å². The van der Waals surface area contributed by atoms with Gasteiger partial charge in [0.2, 0.25) is 5.71 Å². The highest BCUT2D eigenvalue weighted by atomic mass is 32.2. The number of rotatable bonds is 5. The molecule has 2 amide bonds. The monoisotopic (exact) mass is 511 g/mol. The van der Waals surface area contributed by atoms with Gasteiger partial charge < -0.3 is 23.8 Å². The Kier molecular flexibility index (Phi) is 7.05. The fourth-order valence-electron chi connectivity index (χ4n) is 4.88. The molecule has 5 rings (SSSR count). The van der Waals surface area contributed by atoms with Crippen LogP contribution in [0.4, 0.5) is 0 Å². The number of piperidine rings is 1. The molecule has 0 aromatic heterocycles. The summed E-state index contributed by atoms with van der Waals surface area (Å²) >= 11 is 1.48. The van der Waals surface area contributed by atoms with Gasteiger partial charge in [-0.15, -0.1) is 0 Å². The van der Waals surface area contributed by atoms with Crippen molar-refractivity contribution in [2.24, 2.45) is 0 Å². The molecular formula is C27H31N2O6S+. The Morgan fingerprint density at radius 2 is 2.00 bits per heavy atom. The van der Waals surface area contributed by atoms with Crippen molar-refractivity contribution in [2.75, 3.05) is 47.1 Å². The second kappa shape index (κ2) is 10.2. The molecule has 2 saturated heterocycles. The number of likely N-dealkylation sites (N-methyl/N-ethyl adjacent to an activating group) is 1. The maximum absolute atomic E-state index is 13.2. The van der Waals surface area contributed by atoms with E-state index in [4.69, 9.17) is 18.9 Å². The number of hydrogen-bond acceptors (Lipinski definition) is 7. The number of thioether (sulfide) groups is 1. The number of nitrogens with zero attached hydrogens (tertiary/aromatic N) is 2. The fraction of sp³-hybridized carbons (Fsp3) is 0.444. The molecule has 1 aromatic carbocycles. The molecule has 9 heteroatoms. The predicted molar refractivity (Wildman–Crippen MR) is 137 cm³/mol. The first-order valence-corrected chi connectivity index (χ1v) is 13.1. The lowest BCUT2D eigenvalue weighted by atomic mass is 9.99. The number of likely N-dealkylation sites (tertiary alicyclic amines) is 1. The molecule has 1 atom stereocenters. The Morgan fingerprint density at radius 3 is 2.69 bits per heavy atom. The molecule has 1 aliphatic carbocycles. The van der Waals surface area contributed by atoms with E-state index < -0.39 is 5.79 Å². The van der Waals surface area contributed by atoms with Crippen molar-refractivity contribution >= 4 is 35.4 Å². The van der Waals surface area contributed by atoms with Gasteiger partial charge in [-0.25, -0.2) is 4.79 Å². The van der Waals surface area contributed by atoms with Crippen LogP contribution in [0.25, 0.3) is 6.08 Å².